The lowest BCUT2D eigenvalue weighted by atomic mass is 9.97. The van der Waals surface area contributed by atoms with Crippen molar-refractivity contribution in [3.8, 4) is 11.3 Å². The number of aromatic nitrogens is 4. The highest BCUT2D eigenvalue weighted by Crippen LogP contribution is 2.34. The molecule has 0 saturated heterocycles. The number of amides is 2. The number of carbonyl (C=O) groups excluding carboxylic acids is 2. The van der Waals surface area contributed by atoms with Crippen LogP contribution >= 0.6 is 11.3 Å². The smallest absolute Gasteiger partial charge is 0.295 e. The summed E-state index contributed by atoms with van der Waals surface area (Å²) in [6, 6.07) is 9.61. The zero-order chi connectivity index (χ0) is 23.7. The number of carbonyl (C=O) groups is 2. The Bertz CT molecular complexity index is 1360. The standard InChI is InChI=1S/C24H22N6O3S/c1-3-20-26-14(2)22(33-20)23(32)28-24-27-18(13-34-24)15-6-8-19-16(11-15)7-9-21(31)30(19)12-17-5-4-10-25-29-17/h4-6,8,10-11,13H,3,7,9,12H2,1-2H3,(H,27,28,32). The van der Waals surface area contributed by atoms with Gasteiger partial charge < -0.3 is 9.32 Å². The third-order valence-electron chi connectivity index (χ3n) is 5.60. The van der Waals surface area contributed by atoms with Crippen LogP contribution in [0.3, 0.4) is 0 Å². The molecule has 0 bridgehead atoms. The molecule has 10 heteroatoms. The summed E-state index contributed by atoms with van der Waals surface area (Å²) in [6.07, 6.45) is 3.33. The van der Waals surface area contributed by atoms with Gasteiger partial charge >= 0.3 is 0 Å². The number of benzene rings is 1. The molecule has 0 spiro atoms. The van der Waals surface area contributed by atoms with Crippen molar-refractivity contribution in [1.29, 1.82) is 0 Å². The maximum absolute atomic E-state index is 12.6. The summed E-state index contributed by atoms with van der Waals surface area (Å²) in [5.41, 5.74) is 4.92. The van der Waals surface area contributed by atoms with Crippen LogP contribution in [0.4, 0.5) is 10.8 Å². The zero-order valence-corrected chi connectivity index (χ0v) is 19.6. The van der Waals surface area contributed by atoms with Gasteiger partial charge in [0.1, 0.15) is 0 Å². The molecule has 1 aliphatic rings. The number of oxazole rings is 1. The van der Waals surface area contributed by atoms with E-state index in [0.29, 0.717) is 42.5 Å². The first kappa shape index (κ1) is 21.9. The number of thiazole rings is 1. The average Bonchev–Trinajstić information content (AvgIpc) is 3.47. The normalized spacial score (nSPS) is 13.1. The lowest BCUT2D eigenvalue weighted by Gasteiger charge is -2.29. The van der Waals surface area contributed by atoms with Gasteiger partial charge in [0.05, 0.1) is 23.6 Å². The van der Waals surface area contributed by atoms with Crippen molar-refractivity contribution in [2.45, 2.75) is 39.7 Å². The van der Waals surface area contributed by atoms with Crippen molar-refractivity contribution < 1.29 is 14.0 Å². The van der Waals surface area contributed by atoms with Gasteiger partial charge in [0.25, 0.3) is 5.91 Å². The second kappa shape index (κ2) is 9.14. The lowest BCUT2D eigenvalue weighted by molar-refractivity contribution is -0.119. The molecule has 0 radical (unpaired) electrons. The van der Waals surface area contributed by atoms with E-state index in [1.54, 1.807) is 18.0 Å². The Labute approximate surface area is 199 Å². The Kier molecular flexibility index (Phi) is 5.89. The van der Waals surface area contributed by atoms with E-state index in [9.17, 15) is 9.59 Å². The Morgan fingerprint density at radius 1 is 1.24 bits per heavy atom. The minimum absolute atomic E-state index is 0.0681. The molecule has 1 aromatic carbocycles. The van der Waals surface area contributed by atoms with Crippen molar-refractivity contribution >= 4 is 34.0 Å². The summed E-state index contributed by atoms with van der Waals surface area (Å²) in [5, 5.41) is 13.2. The first-order valence-corrected chi connectivity index (χ1v) is 11.8. The van der Waals surface area contributed by atoms with Crippen LogP contribution in [0.2, 0.25) is 0 Å². The van der Waals surface area contributed by atoms with Gasteiger partial charge in [-0.1, -0.05) is 13.0 Å². The third kappa shape index (κ3) is 4.32. The summed E-state index contributed by atoms with van der Waals surface area (Å²) in [6.45, 7) is 4.05. The van der Waals surface area contributed by atoms with Crippen LogP contribution in [0.15, 0.2) is 46.3 Å². The highest BCUT2D eigenvalue weighted by Gasteiger charge is 2.25. The molecule has 0 atom stereocenters. The first-order chi connectivity index (χ1) is 16.5. The lowest BCUT2D eigenvalue weighted by Crippen LogP contribution is -2.34. The third-order valence-corrected chi connectivity index (χ3v) is 6.35. The fraction of sp³-hybridized carbons (Fsp3) is 0.250. The fourth-order valence-corrected chi connectivity index (χ4v) is 4.62. The Hall–Kier alpha value is -3.92. The Morgan fingerprint density at radius 3 is 2.88 bits per heavy atom. The molecule has 34 heavy (non-hydrogen) atoms. The van der Waals surface area contributed by atoms with Crippen LogP contribution in [0.25, 0.3) is 11.3 Å². The van der Waals surface area contributed by atoms with Gasteiger partial charge in [0, 0.05) is 35.7 Å². The van der Waals surface area contributed by atoms with Crippen LogP contribution < -0.4 is 10.2 Å². The zero-order valence-electron chi connectivity index (χ0n) is 18.7. The van der Waals surface area contributed by atoms with Crippen molar-refractivity contribution in [3.05, 3.63) is 70.5 Å². The number of anilines is 2. The van der Waals surface area contributed by atoms with Crippen molar-refractivity contribution in [2.24, 2.45) is 0 Å². The molecule has 1 aliphatic heterocycles. The van der Waals surface area contributed by atoms with E-state index in [-0.39, 0.29) is 17.6 Å². The Balaban J connectivity index is 1.35. The van der Waals surface area contributed by atoms with E-state index in [1.165, 1.54) is 11.3 Å². The first-order valence-electron chi connectivity index (χ1n) is 10.9. The van der Waals surface area contributed by atoms with Gasteiger partial charge in [-0.2, -0.15) is 10.2 Å². The van der Waals surface area contributed by atoms with Gasteiger partial charge in [-0.3, -0.25) is 14.9 Å². The molecule has 4 aromatic rings. The van der Waals surface area contributed by atoms with Crippen LogP contribution in [-0.4, -0.2) is 32.0 Å². The molecule has 172 valence electrons. The predicted molar refractivity (Wildman–Crippen MR) is 128 cm³/mol. The second-order valence-corrected chi connectivity index (χ2v) is 8.76. The van der Waals surface area contributed by atoms with Gasteiger partial charge in [-0.05, 0) is 43.2 Å². The van der Waals surface area contributed by atoms with Crippen molar-refractivity contribution in [2.75, 3.05) is 10.2 Å². The molecular formula is C24H22N6O3S. The highest BCUT2D eigenvalue weighted by atomic mass is 32.1. The van der Waals surface area contributed by atoms with Crippen LogP contribution in [-0.2, 0) is 24.2 Å². The second-order valence-electron chi connectivity index (χ2n) is 7.91. The minimum Gasteiger partial charge on any atom is -0.435 e. The maximum Gasteiger partial charge on any atom is 0.295 e. The monoisotopic (exact) mass is 474 g/mol. The van der Waals surface area contributed by atoms with E-state index in [2.05, 4.69) is 31.5 Å². The van der Waals surface area contributed by atoms with Crippen LogP contribution in [0, 0.1) is 6.92 Å². The number of hydrogen-bond acceptors (Lipinski definition) is 8. The topological polar surface area (TPSA) is 114 Å². The predicted octanol–water partition coefficient (Wildman–Crippen LogP) is 4.19. The fourth-order valence-electron chi connectivity index (χ4n) is 3.90. The van der Waals surface area contributed by atoms with Gasteiger partial charge in [0.15, 0.2) is 11.0 Å². The maximum atomic E-state index is 12.6. The van der Waals surface area contributed by atoms with E-state index in [1.807, 2.05) is 36.6 Å². The molecule has 0 unspecified atom stereocenters. The SMILES string of the molecule is CCc1nc(C)c(C(=O)Nc2nc(-c3ccc4c(c3)CCC(=O)N4Cc3cccnn3)cs2)o1. The molecular weight excluding hydrogens is 452 g/mol. The van der Waals surface area contributed by atoms with Gasteiger partial charge in [-0.15, -0.1) is 11.3 Å². The molecule has 3 aromatic heterocycles. The number of fused-ring (bicyclic) bond motifs is 1. The number of nitrogens with zero attached hydrogens (tertiary/aromatic N) is 5. The summed E-state index contributed by atoms with van der Waals surface area (Å²) >= 11 is 1.34. The highest BCUT2D eigenvalue weighted by molar-refractivity contribution is 7.14. The summed E-state index contributed by atoms with van der Waals surface area (Å²) in [7, 11) is 0. The van der Waals surface area contributed by atoms with Gasteiger partial charge in [-0.25, -0.2) is 9.97 Å². The van der Waals surface area contributed by atoms with E-state index >= 15 is 0 Å². The number of nitrogens with one attached hydrogen (secondary N) is 1. The molecule has 0 fully saturated rings. The molecule has 2 amide bonds. The van der Waals surface area contributed by atoms with E-state index in [4.69, 9.17) is 4.42 Å². The van der Waals surface area contributed by atoms with Crippen molar-refractivity contribution in [3.63, 3.8) is 0 Å². The number of hydrogen-bond donors (Lipinski definition) is 1. The molecule has 0 saturated carbocycles. The minimum atomic E-state index is -0.366. The molecule has 1 N–H and O–H groups in total. The quantitative estimate of drug-likeness (QED) is 0.446. The van der Waals surface area contributed by atoms with Crippen LogP contribution in [0.5, 0.6) is 0 Å². The summed E-state index contributed by atoms with van der Waals surface area (Å²) in [4.78, 5) is 35.8. The van der Waals surface area contributed by atoms with Crippen LogP contribution in [0.1, 0.15) is 46.7 Å². The average molecular weight is 475 g/mol. The van der Waals surface area contributed by atoms with E-state index in [0.717, 1.165) is 28.2 Å². The molecule has 5 rings (SSSR count). The van der Waals surface area contributed by atoms with Gasteiger partial charge in [0.2, 0.25) is 11.7 Å². The largest absolute Gasteiger partial charge is 0.435 e. The van der Waals surface area contributed by atoms with Crippen molar-refractivity contribution in [1.82, 2.24) is 20.2 Å². The molecule has 0 aliphatic carbocycles. The number of aryl methyl sites for hydroxylation is 3. The number of rotatable bonds is 6. The molecule has 4 heterocycles. The Morgan fingerprint density at radius 2 is 2.12 bits per heavy atom. The molecule has 9 nitrogen and oxygen atoms in total. The summed E-state index contributed by atoms with van der Waals surface area (Å²) < 4.78 is 5.53. The summed E-state index contributed by atoms with van der Waals surface area (Å²) in [5.74, 6) is 0.436. The van der Waals surface area contributed by atoms with E-state index < -0.39 is 0 Å².